The molecule has 1 aliphatic heterocycles. The number of amides is 1. The number of carbonyl (C=O) groups is 1. The predicted molar refractivity (Wildman–Crippen MR) is 70.9 cm³/mol. The monoisotopic (exact) mass is 261 g/mol. The van der Waals surface area contributed by atoms with Crippen molar-refractivity contribution in [1.82, 2.24) is 4.90 Å². The molecule has 0 spiro atoms. The number of fused-ring (bicyclic) bond motifs is 1. The fourth-order valence-electron chi connectivity index (χ4n) is 3.79. The number of hydrogen-bond acceptors (Lipinski definition) is 2. The number of benzene rings is 1. The van der Waals surface area contributed by atoms with E-state index in [0.717, 1.165) is 18.4 Å². The van der Waals surface area contributed by atoms with Crippen LogP contribution in [0, 0.1) is 11.8 Å². The second kappa shape index (κ2) is 4.85. The fourth-order valence-corrected chi connectivity index (χ4v) is 3.79. The average Bonchev–Trinajstić information content (AvgIpc) is 2.93. The summed E-state index contributed by atoms with van der Waals surface area (Å²) in [6.45, 7) is 0.578. The van der Waals surface area contributed by atoms with E-state index in [1.807, 2.05) is 30.3 Å². The Hall–Kier alpha value is -1.55. The maximum atomic E-state index is 11.4. The van der Waals surface area contributed by atoms with Gasteiger partial charge in [0.15, 0.2) is 0 Å². The van der Waals surface area contributed by atoms with E-state index in [-0.39, 0.29) is 18.1 Å². The molecule has 0 radical (unpaired) electrons. The van der Waals surface area contributed by atoms with Gasteiger partial charge in [-0.2, -0.15) is 0 Å². The van der Waals surface area contributed by atoms with E-state index >= 15 is 0 Å². The number of rotatable bonds is 2. The van der Waals surface area contributed by atoms with Crippen LogP contribution in [-0.2, 0) is 6.42 Å². The van der Waals surface area contributed by atoms with Crippen molar-refractivity contribution >= 4 is 6.09 Å². The van der Waals surface area contributed by atoms with E-state index in [1.165, 1.54) is 4.90 Å². The summed E-state index contributed by atoms with van der Waals surface area (Å²) in [5.41, 5.74) is 1.14. The smallest absolute Gasteiger partial charge is 0.407 e. The zero-order chi connectivity index (χ0) is 13.4. The quantitative estimate of drug-likeness (QED) is 0.855. The highest BCUT2D eigenvalue weighted by molar-refractivity contribution is 5.66. The Bertz CT molecular complexity index is 462. The van der Waals surface area contributed by atoms with Gasteiger partial charge in [-0.25, -0.2) is 4.79 Å². The molecule has 4 atom stereocenters. The number of hydrogen-bond donors (Lipinski definition) is 2. The first kappa shape index (κ1) is 12.5. The zero-order valence-corrected chi connectivity index (χ0v) is 10.8. The summed E-state index contributed by atoms with van der Waals surface area (Å²) in [5, 5.41) is 19.5. The third kappa shape index (κ3) is 2.21. The summed E-state index contributed by atoms with van der Waals surface area (Å²) in [6, 6.07) is 9.86. The molecule has 1 aromatic rings. The van der Waals surface area contributed by atoms with E-state index in [1.54, 1.807) is 0 Å². The molecule has 2 N–H and O–H groups in total. The largest absolute Gasteiger partial charge is 0.465 e. The lowest BCUT2D eigenvalue weighted by Crippen LogP contribution is -2.41. The minimum absolute atomic E-state index is 0.0811. The average molecular weight is 261 g/mol. The van der Waals surface area contributed by atoms with Gasteiger partial charge >= 0.3 is 6.09 Å². The second-order valence-electron chi connectivity index (χ2n) is 5.67. The third-order valence-electron chi connectivity index (χ3n) is 4.63. The maximum Gasteiger partial charge on any atom is 0.407 e. The molecule has 4 heteroatoms. The molecule has 4 nitrogen and oxygen atoms in total. The first-order chi connectivity index (χ1) is 9.16. The Morgan fingerprint density at radius 1 is 1.26 bits per heavy atom. The molecule has 0 aromatic heterocycles. The summed E-state index contributed by atoms with van der Waals surface area (Å²) in [5.74, 6) is 0.441. The second-order valence-corrected chi connectivity index (χ2v) is 5.67. The number of aliphatic hydroxyl groups is 1. The van der Waals surface area contributed by atoms with Crippen molar-refractivity contribution < 1.29 is 15.0 Å². The van der Waals surface area contributed by atoms with Crippen molar-refractivity contribution in [1.29, 1.82) is 0 Å². The van der Waals surface area contributed by atoms with Gasteiger partial charge in [-0.15, -0.1) is 0 Å². The molecule has 1 aromatic carbocycles. The SMILES string of the molecule is O=C(O)N1C[C@@H]2CCC(O)[C@@H]2C1Cc1ccccc1. The molecule has 2 aliphatic rings. The van der Waals surface area contributed by atoms with E-state index < -0.39 is 6.09 Å². The van der Waals surface area contributed by atoms with Crippen molar-refractivity contribution in [2.24, 2.45) is 11.8 Å². The number of nitrogens with zero attached hydrogens (tertiary/aromatic N) is 1. The van der Waals surface area contributed by atoms with Crippen molar-refractivity contribution in [2.75, 3.05) is 6.54 Å². The topological polar surface area (TPSA) is 60.8 Å². The summed E-state index contributed by atoms with van der Waals surface area (Å²) in [6.07, 6.45) is 1.26. The summed E-state index contributed by atoms with van der Waals surface area (Å²) >= 11 is 0. The lowest BCUT2D eigenvalue weighted by Gasteiger charge is -2.27. The van der Waals surface area contributed by atoms with E-state index in [2.05, 4.69) is 0 Å². The van der Waals surface area contributed by atoms with Crippen LogP contribution in [-0.4, -0.2) is 39.9 Å². The number of carboxylic acid groups (broad SMARTS) is 1. The van der Waals surface area contributed by atoms with Crippen LogP contribution in [0.4, 0.5) is 4.79 Å². The maximum absolute atomic E-state index is 11.4. The van der Waals surface area contributed by atoms with Crippen LogP contribution in [0.25, 0.3) is 0 Å². The number of aliphatic hydroxyl groups excluding tert-OH is 1. The molecule has 1 heterocycles. The molecule has 1 aliphatic carbocycles. The Kier molecular flexibility index (Phi) is 3.19. The standard InChI is InChI=1S/C15H19NO3/c17-13-7-6-11-9-16(15(18)19)12(14(11)13)8-10-4-2-1-3-5-10/h1-5,11-14,17H,6-9H2,(H,18,19)/t11-,12?,13?,14-/m0/s1. The van der Waals surface area contributed by atoms with Crippen molar-refractivity contribution in [3.63, 3.8) is 0 Å². The van der Waals surface area contributed by atoms with E-state index in [0.29, 0.717) is 18.9 Å². The fraction of sp³-hybridized carbons (Fsp3) is 0.533. The van der Waals surface area contributed by atoms with Gasteiger partial charge in [0.1, 0.15) is 0 Å². The molecule has 19 heavy (non-hydrogen) atoms. The van der Waals surface area contributed by atoms with Crippen LogP contribution in [0.5, 0.6) is 0 Å². The van der Waals surface area contributed by atoms with E-state index in [4.69, 9.17) is 0 Å². The molecule has 1 saturated carbocycles. The highest BCUT2D eigenvalue weighted by Gasteiger charge is 2.50. The summed E-state index contributed by atoms with van der Waals surface area (Å²) in [7, 11) is 0. The van der Waals surface area contributed by atoms with Crippen LogP contribution < -0.4 is 0 Å². The van der Waals surface area contributed by atoms with Gasteiger partial charge in [-0.3, -0.25) is 0 Å². The van der Waals surface area contributed by atoms with Crippen LogP contribution in [0.15, 0.2) is 30.3 Å². The van der Waals surface area contributed by atoms with Crippen LogP contribution in [0.3, 0.4) is 0 Å². The van der Waals surface area contributed by atoms with Gasteiger partial charge in [-0.05, 0) is 30.7 Å². The Morgan fingerprint density at radius 2 is 2.00 bits per heavy atom. The van der Waals surface area contributed by atoms with Crippen molar-refractivity contribution in [2.45, 2.75) is 31.4 Å². The van der Waals surface area contributed by atoms with Gasteiger partial charge in [0.25, 0.3) is 0 Å². The highest BCUT2D eigenvalue weighted by atomic mass is 16.4. The highest BCUT2D eigenvalue weighted by Crippen LogP contribution is 2.43. The molecule has 2 fully saturated rings. The molecule has 1 saturated heterocycles. The first-order valence-electron chi connectivity index (χ1n) is 6.88. The third-order valence-corrected chi connectivity index (χ3v) is 4.63. The molecule has 1 amide bonds. The van der Waals surface area contributed by atoms with Crippen molar-refractivity contribution in [3.05, 3.63) is 35.9 Å². The molecular weight excluding hydrogens is 242 g/mol. The molecule has 102 valence electrons. The van der Waals surface area contributed by atoms with Crippen LogP contribution in [0.1, 0.15) is 18.4 Å². The van der Waals surface area contributed by atoms with Gasteiger partial charge in [0.05, 0.1) is 6.10 Å². The Labute approximate surface area is 112 Å². The van der Waals surface area contributed by atoms with Gasteiger partial charge < -0.3 is 15.1 Å². The molecule has 2 unspecified atom stereocenters. The van der Waals surface area contributed by atoms with E-state index in [9.17, 15) is 15.0 Å². The number of likely N-dealkylation sites (tertiary alicyclic amines) is 1. The summed E-state index contributed by atoms with van der Waals surface area (Å²) in [4.78, 5) is 12.9. The molecular formula is C15H19NO3. The minimum Gasteiger partial charge on any atom is -0.465 e. The predicted octanol–water partition coefficient (Wildman–Crippen LogP) is 1.98. The normalized spacial score (nSPS) is 33.4. The lowest BCUT2D eigenvalue weighted by molar-refractivity contribution is 0.0867. The summed E-state index contributed by atoms with van der Waals surface area (Å²) < 4.78 is 0. The van der Waals surface area contributed by atoms with Crippen LogP contribution in [0.2, 0.25) is 0 Å². The lowest BCUT2D eigenvalue weighted by atomic mass is 9.88. The minimum atomic E-state index is -0.859. The van der Waals surface area contributed by atoms with Crippen molar-refractivity contribution in [3.8, 4) is 0 Å². The van der Waals surface area contributed by atoms with Gasteiger partial charge in [0, 0.05) is 18.5 Å². The van der Waals surface area contributed by atoms with Crippen LogP contribution >= 0.6 is 0 Å². The first-order valence-corrected chi connectivity index (χ1v) is 6.88. The Balaban J connectivity index is 1.84. The Morgan fingerprint density at radius 3 is 2.68 bits per heavy atom. The molecule has 3 rings (SSSR count). The van der Waals surface area contributed by atoms with Gasteiger partial charge in [0.2, 0.25) is 0 Å². The molecule has 0 bridgehead atoms. The van der Waals surface area contributed by atoms with Gasteiger partial charge in [-0.1, -0.05) is 30.3 Å². The zero-order valence-electron chi connectivity index (χ0n) is 10.8.